The Bertz CT molecular complexity index is 514. The lowest BCUT2D eigenvalue weighted by molar-refractivity contribution is 0.0608. The Labute approximate surface area is 126 Å². The smallest absolute Gasteiger partial charge is 0.321 e. The molecule has 1 aliphatic heterocycles. The van der Waals surface area contributed by atoms with Gasteiger partial charge in [0, 0.05) is 30.9 Å². The van der Waals surface area contributed by atoms with E-state index in [-0.39, 0.29) is 11.6 Å². The van der Waals surface area contributed by atoms with Gasteiger partial charge >= 0.3 is 6.03 Å². The van der Waals surface area contributed by atoms with Crippen molar-refractivity contribution >= 4 is 11.7 Å². The Morgan fingerprint density at radius 2 is 2.10 bits per heavy atom. The fraction of sp³-hybridized carbons (Fsp3) is 0.562. The zero-order chi connectivity index (χ0) is 15.6. The summed E-state index contributed by atoms with van der Waals surface area (Å²) < 4.78 is 0. The summed E-state index contributed by atoms with van der Waals surface area (Å²) in [6.07, 6.45) is -0.538. The highest BCUT2D eigenvalue weighted by molar-refractivity contribution is 5.89. The number of benzene rings is 1. The molecule has 1 saturated heterocycles. The van der Waals surface area contributed by atoms with E-state index in [1.807, 2.05) is 29.2 Å². The molecule has 0 saturated carbocycles. The van der Waals surface area contributed by atoms with Crippen LogP contribution < -0.4 is 5.32 Å². The first-order valence-electron chi connectivity index (χ1n) is 7.35. The molecule has 1 fully saturated rings. The van der Waals surface area contributed by atoms with Gasteiger partial charge in [0.05, 0.1) is 6.10 Å². The summed E-state index contributed by atoms with van der Waals surface area (Å²) in [6.45, 7) is 8.28. The average Bonchev–Trinajstić information content (AvgIpc) is 2.42. The van der Waals surface area contributed by atoms with Crippen LogP contribution in [0.3, 0.4) is 0 Å². The highest BCUT2D eigenvalue weighted by atomic mass is 16.3. The van der Waals surface area contributed by atoms with Gasteiger partial charge in [-0.3, -0.25) is 4.90 Å². The molecule has 2 amide bonds. The van der Waals surface area contributed by atoms with Crippen molar-refractivity contribution in [1.29, 1.82) is 0 Å². The van der Waals surface area contributed by atoms with E-state index in [2.05, 4.69) is 31.1 Å². The number of likely N-dealkylation sites (N-methyl/N-ethyl adjacent to an activating group) is 1. The number of anilines is 1. The molecule has 1 heterocycles. The van der Waals surface area contributed by atoms with Crippen LogP contribution in [0.25, 0.3) is 0 Å². The monoisotopic (exact) mass is 291 g/mol. The second-order valence-electron chi connectivity index (χ2n) is 6.39. The SMILES string of the molecule is CC(O)c1cccc(NC(=O)N2CCN(C)C(C)(C)C2)c1. The fourth-order valence-corrected chi connectivity index (χ4v) is 2.49. The van der Waals surface area contributed by atoms with Gasteiger partial charge < -0.3 is 15.3 Å². The van der Waals surface area contributed by atoms with Gasteiger partial charge in [-0.25, -0.2) is 4.79 Å². The Morgan fingerprint density at radius 3 is 2.71 bits per heavy atom. The number of nitrogens with zero attached hydrogens (tertiary/aromatic N) is 2. The maximum Gasteiger partial charge on any atom is 0.321 e. The second-order valence-corrected chi connectivity index (χ2v) is 6.39. The quantitative estimate of drug-likeness (QED) is 0.879. The van der Waals surface area contributed by atoms with E-state index in [1.54, 1.807) is 6.92 Å². The number of hydrogen-bond acceptors (Lipinski definition) is 3. The maximum absolute atomic E-state index is 12.4. The number of urea groups is 1. The van der Waals surface area contributed by atoms with E-state index in [9.17, 15) is 9.90 Å². The van der Waals surface area contributed by atoms with Crippen LogP contribution in [0.4, 0.5) is 10.5 Å². The molecular formula is C16H25N3O2. The molecule has 5 nitrogen and oxygen atoms in total. The van der Waals surface area contributed by atoms with Gasteiger partial charge in [0.25, 0.3) is 0 Å². The van der Waals surface area contributed by atoms with Crippen LogP contribution in [0, 0.1) is 0 Å². The first kappa shape index (κ1) is 15.8. The number of carbonyl (C=O) groups excluding carboxylic acids is 1. The lowest BCUT2D eigenvalue weighted by Gasteiger charge is -2.45. The first-order valence-corrected chi connectivity index (χ1v) is 7.35. The van der Waals surface area contributed by atoms with Crippen molar-refractivity contribution < 1.29 is 9.90 Å². The molecule has 5 heteroatoms. The van der Waals surface area contributed by atoms with Gasteiger partial charge in [0.1, 0.15) is 0 Å². The van der Waals surface area contributed by atoms with E-state index in [4.69, 9.17) is 0 Å². The molecule has 21 heavy (non-hydrogen) atoms. The number of aliphatic hydroxyl groups excluding tert-OH is 1. The number of rotatable bonds is 2. The van der Waals surface area contributed by atoms with Crippen LogP contribution in [0.1, 0.15) is 32.4 Å². The number of hydrogen-bond donors (Lipinski definition) is 2. The van der Waals surface area contributed by atoms with Gasteiger partial charge in [-0.2, -0.15) is 0 Å². The number of carbonyl (C=O) groups is 1. The van der Waals surface area contributed by atoms with Gasteiger partial charge in [0.2, 0.25) is 0 Å². The molecule has 0 radical (unpaired) electrons. The van der Waals surface area contributed by atoms with Crippen LogP contribution in [0.15, 0.2) is 24.3 Å². The molecule has 2 rings (SSSR count). The summed E-state index contributed by atoms with van der Waals surface area (Å²) in [4.78, 5) is 16.5. The predicted molar refractivity (Wildman–Crippen MR) is 84.4 cm³/mol. The molecule has 1 aromatic carbocycles. The maximum atomic E-state index is 12.4. The zero-order valence-corrected chi connectivity index (χ0v) is 13.3. The second kappa shape index (κ2) is 6.03. The molecule has 1 aromatic rings. The van der Waals surface area contributed by atoms with Gasteiger partial charge in [-0.05, 0) is 45.5 Å². The Balaban J connectivity index is 2.03. The zero-order valence-electron chi connectivity index (χ0n) is 13.3. The third-order valence-electron chi connectivity index (χ3n) is 4.22. The van der Waals surface area contributed by atoms with Gasteiger partial charge in [-0.1, -0.05) is 12.1 Å². The minimum atomic E-state index is -0.538. The largest absolute Gasteiger partial charge is 0.389 e. The molecule has 0 aliphatic carbocycles. The number of amides is 2. The van der Waals surface area contributed by atoms with Crippen molar-refractivity contribution in [2.24, 2.45) is 0 Å². The van der Waals surface area contributed by atoms with Crippen LogP contribution in [-0.2, 0) is 0 Å². The van der Waals surface area contributed by atoms with Crippen LogP contribution in [0.2, 0.25) is 0 Å². The average molecular weight is 291 g/mol. The van der Waals surface area contributed by atoms with E-state index >= 15 is 0 Å². The summed E-state index contributed by atoms with van der Waals surface area (Å²) >= 11 is 0. The molecular weight excluding hydrogens is 266 g/mol. The Hall–Kier alpha value is -1.59. The number of nitrogens with one attached hydrogen (secondary N) is 1. The van der Waals surface area contributed by atoms with Crippen molar-refractivity contribution in [3.63, 3.8) is 0 Å². The molecule has 116 valence electrons. The van der Waals surface area contributed by atoms with Crippen LogP contribution in [0.5, 0.6) is 0 Å². The van der Waals surface area contributed by atoms with Crippen molar-refractivity contribution in [3.8, 4) is 0 Å². The molecule has 0 aromatic heterocycles. The summed E-state index contributed by atoms with van der Waals surface area (Å²) in [5.41, 5.74) is 1.50. The molecule has 1 atom stereocenters. The fourth-order valence-electron chi connectivity index (χ4n) is 2.49. The lowest BCUT2D eigenvalue weighted by Crippen LogP contribution is -2.59. The normalized spacial score (nSPS) is 20.1. The summed E-state index contributed by atoms with van der Waals surface area (Å²) in [5, 5.41) is 12.5. The highest BCUT2D eigenvalue weighted by Crippen LogP contribution is 2.21. The molecule has 0 bridgehead atoms. The topological polar surface area (TPSA) is 55.8 Å². The molecule has 1 aliphatic rings. The number of aliphatic hydroxyl groups is 1. The predicted octanol–water partition coefficient (Wildman–Crippen LogP) is 2.30. The van der Waals surface area contributed by atoms with Crippen molar-refractivity contribution in [2.45, 2.75) is 32.4 Å². The summed E-state index contributed by atoms with van der Waals surface area (Å²) in [7, 11) is 2.08. The van der Waals surface area contributed by atoms with Crippen molar-refractivity contribution in [3.05, 3.63) is 29.8 Å². The Kier molecular flexibility index (Phi) is 4.54. The third-order valence-corrected chi connectivity index (χ3v) is 4.22. The Morgan fingerprint density at radius 1 is 1.38 bits per heavy atom. The lowest BCUT2D eigenvalue weighted by atomic mass is 10.00. The van der Waals surface area contributed by atoms with E-state index in [0.717, 1.165) is 24.3 Å². The van der Waals surface area contributed by atoms with E-state index in [1.165, 1.54) is 0 Å². The van der Waals surface area contributed by atoms with Crippen molar-refractivity contribution in [2.75, 3.05) is 32.0 Å². The first-order chi connectivity index (χ1) is 9.79. The molecule has 1 unspecified atom stereocenters. The standard InChI is InChI=1S/C16H25N3O2/c1-12(20)13-6-5-7-14(10-13)17-15(21)19-9-8-18(4)16(2,3)11-19/h5-7,10,12,20H,8-9,11H2,1-4H3,(H,17,21). The summed E-state index contributed by atoms with van der Waals surface area (Å²) in [6, 6.07) is 7.25. The number of piperazine rings is 1. The highest BCUT2D eigenvalue weighted by Gasteiger charge is 2.33. The third kappa shape index (κ3) is 3.74. The van der Waals surface area contributed by atoms with Gasteiger partial charge in [-0.15, -0.1) is 0 Å². The van der Waals surface area contributed by atoms with Crippen molar-refractivity contribution in [1.82, 2.24) is 9.80 Å². The molecule has 2 N–H and O–H groups in total. The molecule has 0 spiro atoms. The minimum absolute atomic E-state index is 0.0168. The van der Waals surface area contributed by atoms with E-state index < -0.39 is 6.10 Å². The van der Waals surface area contributed by atoms with E-state index in [0.29, 0.717) is 6.54 Å². The van der Waals surface area contributed by atoms with Crippen LogP contribution in [-0.4, -0.2) is 53.2 Å². The van der Waals surface area contributed by atoms with Gasteiger partial charge in [0.15, 0.2) is 0 Å². The van der Waals surface area contributed by atoms with Crippen LogP contribution >= 0.6 is 0 Å². The summed E-state index contributed by atoms with van der Waals surface area (Å²) in [5.74, 6) is 0. The minimum Gasteiger partial charge on any atom is -0.389 e.